The van der Waals surface area contributed by atoms with E-state index in [4.69, 9.17) is 16.9 Å². The van der Waals surface area contributed by atoms with E-state index in [0.29, 0.717) is 4.47 Å². The minimum absolute atomic E-state index is 0.0964. The molecule has 0 atom stereocenters. The molecule has 4 nitrogen and oxygen atoms in total. The molecule has 21 heavy (non-hydrogen) atoms. The van der Waals surface area contributed by atoms with Crippen molar-refractivity contribution in [3.63, 3.8) is 0 Å². The van der Waals surface area contributed by atoms with Crippen LogP contribution in [0.3, 0.4) is 0 Å². The Labute approximate surface area is 144 Å². The van der Waals surface area contributed by atoms with Crippen molar-refractivity contribution >= 4 is 59.2 Å². The lowest BCUT2D eigenvalue weighted by Crippen LogP contribution is -2.13. The third kappa shape index (κ3) is 3.77. The third-order valence-electron chi connectivity index (χ3n) is 2.52. The molecule has 2 rings (SSSR count). The van der Waals surface area contributed by atoms with Gasteiger partial charge in [-0.1, -0.05) is 27.5 Å². The van der Waals surface area contributed by atoms with Crippen LogP contribution in [0.25, 0.3) is 0 Å². The lowest BCUT2D eigenvalue weighted by Gasteiger charge is -2.10. The molecule has 0 spiro atoms. The Kier molecular flexibility index (Phi) is 4.94. The first kappa shape index (κ1) is 16.3. The summed E-state index contributed by atoms with van der Waals surface area (Å²) in [5.41, 5.74) is 0.470. The number of nitrogens with zero attached hydrogens (tertiary/aromatic N) is 1. The molecule has 2 aromatic rings. The molecule has 0 aliphatic carbocycles. The SMILES string of the molecule is N#Cc1cc(NS(=O)(=O)c2ccc(Br)cc2Br)ccc1Cl. The number of anilines is 1. The van der Waals surface area contributed by atoms with Gasteiger partial charge in [0.2, 0.25) is 0 Å². The maximum absolute atomic E-state index is 12.3. The predicted octanol–water partition coefficient (Wildman–Crippen LogP) is 4.54. The number of sulfonamides is 1. The van der Waals surface area contributed by atoms with Crippen molar-refractivity contribution in [1.82, 2.24) is 0 Å². The Morgan fingerprint density at radius 2 is 1.86 bits per heavy atom. The molecular weight excluding hydrogens is 443 g/mol. The van der Waals surface area contributed by atoms with Crippen LogP contribution >= 0.6 is 43.5 Å². The molecule has 0 saturated heterocycles. The van der Waals surface area contributed by atoms with Gasteiger partial charge in [-0.2, -0.15) is 5.26 Å². The van der Waals surface area contributed by atoms with Crippen molar-refractivity contribution in [2.24, 2.45) is 0 Å². The summed E-state index contributed by atoms with van der Waals surface area (Å²) in [6.45, 7) is 0. The van der Waals surface area contributed by atoms with Crippen molar-refractivity contribution < 1.29 is 8.42 Å². The summed E-state index contributed by atoms with van der Waals surface area (Å²) in [7, 11) is -3.77. The lowest BCUT2D eigenvalue weighted by molar-refractivity contribution is 0.600. The Bertz CT molecular complexity index is 848. The van der Waals surface area contributed by atoms with Gasteiger partial charge < -0.3 is 0 Å². The van der Waals surface area contributed by atoms with Gasteiger partial charge in [-0.3, -0.25) is 4.72 Å². The summed E-state index contributed by atoms with van der Waals surface area (Å²) in [5.74, 6) is 0. The Morgan fingerprint density at radius 3 is 2.48 bits per heavy atom. The first-order valence-corrected chi connectivity index (χ1v) is 8.96. The summed E-state index contributed by atoms with van der Waals surface area (Å²) >= 11 is 12.3. The largest absolute Gasteiger partial charge is 0.280 e. The molecule has 0 bridgehead atoms. The summed E-state index contributed by atoms with van der Waals surface area (Å²) < 4.78 is 28.3. The molecular formula is C13H7Br2ClN2O2S. The van der Waals surface area contributed by atoms with Crippen LogP contribution in [0.15, 0.2) is 50.2 Å². The maximum Gasteiger partial charge on any atom is 0.263 e. The van der Waals surface area contributed by atoms with Gasteiger partial charge >= 0.3 is 0 Å². The molecule has 0 heterocycles. The fourth-order valence-corrected chi connectivity index (χ4v) is 4.53. The minimum Gasteiger partial charge on any atom is -0.280 e. The number of hydrogen-bond donors (Lipinski definition) is 1. The maximum atomic E-state index is 12.3. The van der Waals surface area contributed by atoms with Crippen LogP contribution in [0.4, 0.5) is 5.69 Å². The molecule has 0 aromatic heterocycles. The van der Waals surface area contributed by atoms with Gasteiger partial charge in [-0.05, 0) is 52.3 Å². The second-order valence-corrected chi connectivity index (χ2v) is 7.81. The molecule has 0 aliphatic heterocycles. The van der Waals surface area contributed by atoms with Gasteiger partial charge in [-0.15, -0.1) is 0 Å². The average molecular weight is 451 g/mol. The van der Waals surface area contributed by atoms with E-state index in [0.717, 1.165) is 4.47 Å². The van der Waals surface area contributed by atoms with E-state index in [1.54, 1.807) is 12.1 Å². The number of nitriles is 1. The topological polar surface area (TPSA) is 70.0 Å². The first-order valence-electron chi connectivity index (χ1n) is 5.51. The van der Waals surface area contributed by atoms with E-state index in [2.05, 4.69) is 36.6 Å². The van der Waals surface area contributed by atoms with Crippen molar-refractivity contribution in [3.05, 3.63) is 55.9 Å². The average Bonchev–Trinajstić information content (AvgIpc) is 2.40. The van der Waals surface area contributed by atoms with Crippen molar-refractivity contribution in [1.29, 1.82) is 5.26 Å². The smallest absolute Gasteiger partial charge is 0.263 e. The van der Waals surface area contributed by atoms with Crippen LogP contribution < -0.4 is 4.72 Å². The van der Waals surface area contributed by atoms with E-state index in [1.807, 2.05) is 6.07 Å². The second-order valence-electron chi connectivity index (χ2n) is 3.99. The highest BCUT2D eigenvalue weighted by Crippen LogP contribution is 2.28. The van der Waals surface area contributed by atoms with Gasteiger partial charge in [0.25, 0.3) is 10.0 Å². The van der Waals surface area contributed by atoms with Crippen LogP contribution in [0.5, 0.6) is 0 Å². The molecule has 108 valence electrons. The number of halogens is 3. The summed E-state index contributed by atoms with van der Waals surface area (Å²) in [4.78, 5) is 0.0964. The van der Waals surface area contributed by atoms with Crippen molar-refractivity contribution in [2.75, 3.05) is 4.72 Å². The van der Waals surface area contributed by atoms with Gasteiger partial charge in [0.05, 0.1) is 16.3 Å². The Morgan fingerprint density at radius 1 is 1.14 bits per heavy atom. The van der Waals surface area contributed by atoms with Crippen LogP contribution in [-0.4, -0.2) is 8.42 Å². The molecule has 1 N–H and O–H groups in total. The van der Waals surface area contributed by atoms with Crippen molar-refractivity contribution in [3.8, 4) is 6.07 Å². The highest BCUT2D eigenvalue weighted by Gasteiger charge is 2.18. The molecule has 2 aromatic carbocycles. The molecule has 8 heteroatoms. The molecule has 0 radical (unpaired) electrons. The van der Waals surface area contributed by atoms with Gasteiger partial charge in [-0.25, -0.2) is 8.42 Å². The van der Waals surface area contributed by atoms with Gasteiger partial charge in [0.15, 0.2) is 0 Å². The number of nitrogens with one attached hydrogen (secondary N) is 1. The van der Waals surface area contributed by atoms with Crippen molar-refractivity contribution in [2.45, 2.75) is 4.90 Å². The summed E-state index contributed by atoms with van der Waals surface area (Å²) in [6.07, 6.45) is 0. The molecule has 0 amide bonds. The number of rotatable bonds is 3. The summed E-state index contributed by atoms with van der Waals surface area (Å²) in [5, 5.41) is 9.18. The van der Waals surface area contributed by atoms with E-state index in [1.165, 1.54) is 24.3 Å². The van der Waals surface area contributed by atoms with E-state index in [-0.39, 0.29) is 21.2 Å². The number of hydrogen-bond acceptors (Lipinski definition) is 3. The Hall–Kier alpha value is -1.07. The highest BCUT2D eigenvalue weighted by atomic mass is 79.9. The van der Waals surface area contributed by atoms with Crippen LogP contribution in [0, 0.1) is 11.3 Å². The summed E-state index contributed by atoms with van der Waals surface area (Å²) in [6, 6.07) is 11.0. The third-order valence-corrected chi connectivity index (χ3v) is 5.70. The minimum atomic E-state index is -3.77. The fraction of sp³-hybridized carbons (Fsp3) is 0. The quantitative estimate of drug-likeness (QED) is 0.747. The molecule has 0 aliphatic rings. The lowest BCUT2D eigenvalue weighted by atomic mass is 10.2. The monoisotopic (exact) mass is 448 g/mol. The van der Waals surface area contributed by atoms with Gasteiger partial charge in [0, 0.05) is 8.95 Å². The van der Waals surface area contributed by atoms with Crippen LogP contribution in [0.2, 0.25) is 5.02 Å². The standard InChI is InChI=1S/C13H7Br2ClN2O2S/c14-9-1-4-13(11(15)6-9)21(19,20)18-10-2-3-12(16)8(5-10)7-17/h1-6,18H. The first-order chi connectivity index (χ1) is 9.83. The zero-order valence-corrected chi connectivity index (χ0v) is 15.0. The van der Waals surface area contributed by atoms with Crippen LogP contribution in [-0.2, 0) is 10.0 Å². The van der Waals surface area contributed by atoms with E-state index >= 15 is 0 Å². The second kappa shape index (κ2) is 6.36. The van der Waals surface area contributed by atoms with E-state index in [9.17, 15) is 8.42 Å². The normalized spacial score (nSPS) is 11.0. The van der Waals surface area contributed by atoms with Crippen LogP contribution in [0.1, 0.15) is 5.56 Å². The van der Waals surface area contributed by atoms with E-state index < -0.39 is 10.0 Å². The fourth-order valence-electron chi connectivity index (χ4n) is 1.58. The predicted molar refractivity (Wildman–Crippen MR) is 88.8 cm³/mol. The Balaban J connectivity index is 2.40. The molecule has 0 fully saturated rings. The molecule has 0 unspecified atom stereocenters. The molecule has 0 saturated carbocycles. The number of benzene rings is 2. The zero-order valence-electron chi connectivity index (χ0n) is 10.3. The van der Waals surface area contributed by atoms with Gasteiger partial charge in [0.1, 0.15) is 11.0 Å². The zero-order chi connectivity index (χ0) is 15.6. The highest BCUT2D eigenvalue weighted by molar-refractivity contribution is 9.11.